The maximum Gasteiger partial charge on any atom is 0.129 e. The number of hydrogen-bond acceptors (Lipinski definition) is 0. The summed E-state index contributed by atoms with van der Waals surface area (Å²) in [6.45, 7) is 3.42. The first-order chi connectivity index (χ1) is 7.15. The predicted octanol–water partition coefficient (Wildman–Crippen LogP) is 4.42. The van der Waals surface area contributed by atoms with Gasteiger partial charge in [0.25, 0.3) is 0 Å². The van der Waals surface area contributed by atoms with Crippen molar-refractivity contribution in [2.45, 2.75) is 32.9 Å². The molecule has 0 saturated carbocycles. The molecule has 0 nitrogen and oxygen atoms in total. The summed E-state index contributed by atoms with van der Waals surface area (Å²) in [5.74, 6) is -0.493. The van der Waals surface area contributed by atoms with Crippen LogP contribution < -0.4 is 0 Å². The minimum Gasteiger partial charge on any atom is -0.242 e. The molecule has 0 heterocycles. The molecule has 0 N–H and O–H groups in total. The molecule has 1 unspecified atom stereocenters. The lowest BCUT2D eigenvalue weighted by molar-refractivity contribution is 0.408. The van der Waals surface area contributed by atoms with Gasteiger partial charge in [0.1, 0.15) is 12.0 Å². The second kappa shape index (κ2) is 5.64. The molecule has 1 aliphatic carbocycles. The maximum atomic E-state index is 13.3. The molecule has 1 atom stereocenters. The van der Waals surface area contributed by atoms with Crippen LogP contribution in [0.3, 0.4) is 0 Å². The first-order valence-corrected chi connectivity index (χ1v) is 5.24. The smallest absolute Gasteiger partial charge is 0.129 e. The number of rotatable bonds is 3. The Morgan fingerprint density at radius 3 is 2.60 bits per heavy atom. The molecule has 0 fully saturated rings. The second-order valence-electron chi connectivity index (χ2n) is 3.60. The lowest BCUT2D eigenvalue weighted by atomic mass is 10.0. The molecule has 82 valence electrons. The van der Waals surface area contributed by atoms with Crippen molar-refractivity contribution in [1.29, 1.82) is 0 Å². The van der Waals surface area contributed by atoms with Crippen molar-refractivity contribution in [2.24, 2.45) is 0 Å². The number of halogens is 2. The quantitative estimate of drug-likeness (QED) is 0.646. The van der Waals surface area contributed by atoms with Gasteiger partial charge in [0.15, 0.2) is 0 Å². The molecule has 1 rings (SSSR count). The van der Waals surface area contributed by atoms with Crippen LogP contribution >= 0.6 is 0 Å². The molecule has 0 amide bonds. The van der Waals surface area contributed by atoms with E-state index in [4.69, 9.17) is 0 Å². The highest BCUT2D eigenvalue weighted by atomic mass is 19.1. The Labute approximate surface area is 89.7 Å². The van der Waals surface area contributed by atoms with E-state index < -0.39 is 12.0 Å². The number of hydrogen-bond donors (Lipinski definition) is 0. The zero-order chi connectivity index (χ0) is 11.3. The Kier molecular flexibility index (Phi) is 4.47. The van der Waals surface area contributed by atoms with Gasteiger partial charge in [-0.2, -0.15) is 0 Å². The van der Waals surface area contributed by atoms with E-state index in [1.54, 1.807) is 12.2 Å². The van der Waals surface area contributed by atoms with E-state index in [0.717, 1.165) is 18.4 Å². The molecule has 0 spiro atoms. The van der Waals surface area contributed by atoms with Gasteiger partial charge in [-0.05, 0) is 25.0 Å². The largest absolute Gasteiger partial charge is 0.242 e. The minimum atomic E-state index is -1.27. The normalized spacial score (nSPS) is 31.1. The zero-order valence-electron chi connectivity index (χ0n) is 9.13. The van der Waals surface area contributed by atoms with Gasteiger partial charge in [-0.1, -0.05) is 37.6 Å². The molecule has 15 heavy (non-hydrogen) atoms. The molecule has 0 aromatic heterocycles. The highest BCUT2D eigenvalue weighted by Crippen LogP contribution is 2.20. The summed E-state index contributed by atoms with van der Waals surface area (Å²) in [6, 6.07) is 0. The van der Waals surface area contributed by atoms with E-state index in [1.807, 2.05) is 6.08 Å². The zero-order valence-corrected chi connectivity index (χ0v) is 9.13. The number of alkyl halides is 1. The van der Waals surface area contributed by atoms with Crippen molar-refractivity contribution >= 4 is 0 Å². The molecule has 0 aromatic carbocycles. The molecule has 0 saturated heterocycles. The predicted molar refractivity (Wildman–Crippen MR) is 60.0 cm³/mol. The van der Waals surface area contributed by atoms with E-state index in [9.17, 15) is 8.78 Å². The second-order valence-corrected chi connectivity index (χ2v) is 3.60. The summed E-state index contributed by atoms with van der Waals surface area (Å²) >= 11 is 0. The third-order valence-corrected chi connectivity index (χ3v) is 2.27. The molecule has 0 aromatic rings. The van der Waals surface area contributed by atoms with Gasteiger partial charge in [-0.25, -0.2) is 8.78 Å². The maximum absolute atomic E-state index is 13.3. The summed E-state index contributed by atoms with van der Waals surface area (Å²) in [5, 5.41) is 0. The van der Waals surface area contributed by atoms with E-state index in [0.29, 0.717) is 0 Å². The third-order valence-electron chi connectivity index (χ3n) is 2.27. The lowest BCUT2D eigenvalue weighted by Crippen LogP contribution is -1.98. The van der Waals surface area contributed by atoms with Gasteiger partial charge in [-0.15, -0.1) is 0 Å². The lowest BCUT2D eigenvalue weighted by Gasteiger charge is -2.07. The highest BCUT2D eigenvalue weighted by Gasteiger charge is 2.09. The minimum absolute atomic E-state index is 0.118. The first-order valence-electron chi connectivity index (χ1n) is 5.24. The van der Waals surface area contributed by atoms with E-state index >= 15 is 0 Å². The fraction of sp³-hybridized carbons (Fsp3) is 0.385. The number of allylic oxidation sites excluding steroid dienone is 8. The monoisotopic (exact) mass is 210 g/mol. The van der Waals surface area contributed by atoms with Crippen molar-refractivity contribution in [3.8, 4) is 0 Å². The van der Waals surface area contributed by atoms with E-state index in [2.05, 4.69) is 6.92 Å². The van der Waals surface area contributed by atoms with Gasteiger partial charge in [0.05, 0.1) is 0 Å². The van der Waals surface area contributed by atoms with Crippen LogP contribution in [0.4, 0.5) is 8.78 Å². The van der Waals surface area contributed by atoms with Gasteiger partial charge in [-0.3, -0.25) is 0 Å². The van der Waals surface area contributed by atoms with Crippen LogP contribution in [0, 0.1) is 0 Å². The van der Waals surface area contributed by atoms with Gasteiger partial charge < -0.3 is 0 Å². The van der Waals surface area contributed by atoms with E-state index in [1.165, 1.54) is 19.1 Å². The molecule has 0 bridgehead atoms. The van der Waals surface area contributed by atoms with Gasteiger partial charge >= 0.3 is 0 Å². The van der Waals surface area contributed by atoms with Crippen LogP contribution in [0.2, 0.25) is 0 Å². The molecular weight excluding hydrogens is 194 g/mol. The average Bonchev–Trinajstić information content (AvgIpc) is 2.14. The van der Waals surface area contributed by atoms with Crippen LogP contribution in [0.1, 0.15) is 26.7 Å². The average molecular weight is 210 g/mol. The molecule has 2 heteroatoms. The van der Waals surface area contributed by atoms with Crippen molar-refractivity contribution < 1.29 is 8.78 Å². The van der Waals surface area contributed by atoms with Crippen LogP contribution in [0.15, 0.2) is 47.4 Å². The highest BCUT2D eigenvalue weighted by molar-refractivity contribution is 5.39. The van der Waals surface area contributed by atoms with Crippen LogP contribution in [0.25, 0.3) is 0 Å². The van der Waals surface area contributed by atoms with Crippen LogP contribution in [0.5, 0.6) is 0 Å². The Hall–Kier alpha value is -1.18. The SMILES string of the molecule is CCCC1=C/C=C/C(F)=C(C(C)F)/C=C\1. The Morgan fingerprint density at radius 2 is 2.00 bits per heavy atom. The standard InChI is InChI=1S/C13H16F2/c1-3-5-11-6-4-7-13(15)12(9-8-11)10(2)14/h4,6-10H,3,5H2,1-2H3/b6-4?,7-4+,9-8-,11-6-,11-8?,12-9?,13-7?,13-12+. The first kappa shape index (κ1) is 11.9. The van der Waals surface area contributed by atoms with Crippen LogP contribution in [-0.4, -0.2) is 6.17 Å². The van der Waals surface area contributed by atoms with E-state index in [-0.39, 0.29) is 5.57 Å². The summed E-state index contributed by atoms with van der Waals surface area (Å²) in [7, 11) is 0. The summed E-state index contributed by atoms with van der Waals surface area (Å²) < 4.78 is 26.4. The molecule has 0 aliphatic heterocycles. The van der Waals surface area contributed by atoms with Gasteiger partial charge in [0.2, 0.25) is 0 Å². The Morgan fingerprint density at radius 1 is 1.27 bits per heavy atom. The Balaban J connectivity index is 2.92. The topological polar surface area (TPSA) is 0 Å². The molecule has 1 aliphatic rings. The summed E-state index contributed by atoms with van der Waals surface area (Å²) in [6.07, 6.45) is 8.80. The van der Waals surface area contributed by atoms with Crippen molar-refractivity contribution in [2.75, 3.05) is 0 Å². The Bertz CT molecular complexity index is 330. The van der Waals surface area contributed by atoms with Gasteiger partial charge in [0, 0.05) is 5.57 Å². The summed E-state index contributed by atoms with van der Waals surface area (Å²) in [5.41, 5.74) is 1.22. The van der Waals surface area contributed by atoms with Crippen molar-refractivity contribution in [3.05, 3.63) is 47.4 Å². The van der Waals surface area contributed by atoms with Crippen molar-refractivity contribution in [3.63, 3.8) is 0 Å². The van der Waals surface area contributed by atoms with Crippen molar-refractivity contribution in [1.82, 2.24) is 0 Å². The third kappa shape index (κ3) is 3.46. The molecule has 0 radical (unpaired) electrons. The fourth-order valence-corrected chi connectivity index (χ4v) is 1.46. The molecular formula is C13H16F2. The fourth-order valence-electron chi connectivity index (χ4n) is 1.46. The summed E-state index contributed by atoms with van der Waals surface area (Å²) in [4.78, 5) is 0. The van der Waals surface area contributed by atoms with Crippen LogP contribution in [-0.2, 0) is 0 Å².